The summed E-state index contributed by atoms with van der Waals surface area (Å²) in [7, 11) is 0. The Kier molecular flexibility index (Phi) is 5.88. The second-order valence-corrected chi connectivity index (χ2v) is 9.41. The predicted molar refractivity (Wildman–Crippen MR) is 124 cm³/mol. The average Bonchev–Trinajstić information content (AvgIpc) is 2.80. The summed E-state index contributed by atoms with van der Waals surface area (Å²) in [5.41, 5.74) is 18.3. The molecule has 0 heterocycles. The minimum absolute atomic E-state index is 0.0595. The van der Waals surface area contributed by atoms with Crippen molar-refractivity contribution in [3.8, 4) is 5.75 Å². The monoisotopic (exact) mass is 487 g/mol. The number of nitrogens with one attached hydrogen (secondary N) is 1. The van der Waals surface area contributed by atoms with Crippen molar-refractivity contribution in [1.29, 1.82) is 0 Å². The number of primary amides is 1. The number of carbonyl (C=O) groups excluding carboxylic acids is 3. The van der Waals surface area contributed by atoms with Gasteiger partial charge in [0.15, 0.2) is 11.4 Å². The van der Waals surface area contributed by atoms with Crippen LogP contribution >= 0.6 is 0 Å². The highest BCUT2D eigenvalue weighted by molar-refractivity contribution is 6.25. The van der Waals surface area contributed by atoms with E-state index < -0.39 is 57.5 Å². The van der Waals surface area contributed by atoms with E-state index in [9.17, 15) is 34.8 Å². The fourth-order valence-corrected chi connectivity index (χ4v) is 5.70. The highest BCUT2D eigenvalue weighted by Crippen LogP contribution is 2.57. The summed E-state index contributed by atoms with van der Waals surface area (Å²) >= 11 is 0. The van der Waals surface area contributed by atoms with E-state index in [0.29, 0.717) is 25.1 Å². The number of Topliss-reactive ketones (excluding diaryl/α,β-unsaturated/α-hetero) is 2. The number of rotatable bonds is 6. The fourth-order valence-electron chi connectivity index (χ4n) is 5.70. The van der Waals surface area contributed by atoms with Crippen molar-refractivity contribution in [2.24, 2.45) is 28.5 Å². The first-order valence-corrected chi connectivity index (χ1v) is 11.2. The first kappa shape index (κ1) is 24.7. The van der Waals surface area contributed by atoms with Gasteiger partial charge in [0.05, 0.1) is 11.6 Å². The Bertz CT molecular complexity index is 1210. The van der Waals surface area contributed by atoms with Crippen molar-refractivity contribution in [3.63, 3.8) is 0 Å². The SMILES string of the molecule is NCCCNC[C@@]12Cc3c(N)ccc(O)c3C(=O)C1=C(O)[C@]1(O)C(=O)C(C(N)=O)=C(O)[C@@H](N)[C@@H]1C2. The Morgan fingerprint density at radius 1 is 1.20 bits per heavy atom. The second-order valence-electron chi connectivity index (χ2n) is 9.41. The van der Waals surface area contributed by atoms with Crippen molar-refractivity contribution in [2.75, 3.05) is 25.4 Å². The molecule has 13 N–H and O–H groups in total. The van der Waals surface area contributed by atoms with Gasteiger partial charge in [-0.1, -0.05) is 0 Å². The quantitative estimate of drug-likeness (QED) is 0.0957. The van der Waals surface area contributed by atoms with Gasteiger partial charge in [0.2, 0.25) is 5.78 Å². The number of carbonyl (C=O) groups is 3. The Morgan fingerprint density at radius 3 is 2.51 bits per heavy atom. The number of fused-ring (bicyclic) bond motifs is 3. The number of hydrogen-bond acceptors (Lipinski definition) is 11. The van der Waals surface area contributed by atoms with Crippen molar-refractivity contribution in [1.82, 2.24) is 5.32 Å². The van der Waals surface area contributed by atoms with Gasteiger partial charge in [0.1, 0.15) is 22.8 Å². The van der Waals surface area contributed by atoms with Gasteiger partial charge in [-0.3, -0.25) is 14.4 Å². The third kappa shape index (κ3) is 3.32. The second kappa shape index (κ2) is 8.34. The smallest absolute Gasteiger partial charge is 0.255 e. The lowest BCUT2D eigenvalue weighted by molar-refractivity contribution is -0.147. The Labute approximate surface area is 200 Å². The van der Waals surface area contributed by atoms with Crippen molar-refractivity contribution in [2.45, 2.75) is 30.9 Å². The molecule has 0 bridgehead atoms. The largest absolute Gasteiger partial charge is 0.510 e. The topological polar surface area (TPSA) is 248 Å². The molecule has 3 aliphatic rings. The molecule has 0 saturated heterocycles. The maximum absolute atomic E-state index is 13.7. The van der Waals surface area contributed by atoms with Crippen LogP contribution in [0.5, 0.6) is 5.75 Å². The number of ketones is 2. The lowest BCUT2D eigenvalue weighted by Gasteiger charge is -2.53. The summed E-state index contributed by atoms with van der Waals surface area (Å²) in [6.07, 6.45) is 0.539. The number of phenolic OH excluding ortho intramolecular Hbond substituents is 1. The summed E-state index contributed by atoms with van der Waals surface area (Å²) in [5.74, 6) is -6.95. The van der Waals surface area contributed by atoms with Crippen LogP contribution in [0.25, 0.3) is 0 Å². The van der Waals surface area contributed by atoms with E-state index in [1.54, 1.807) is 0 Å². The van der Waals surface area contributed by atoms with E-state index in [1.807, 2.05) is 0 Å². The molecule has 188 valence electrons. The van der Waals surface area contributed by atoms with Gasteiger partial charge in [0, 0.05) is 29.1 Å². The van der Waals surface area contributed by atoms with Gasteiger partial charge in [-0.2, -0.15) is 0 Å². The summed E-state index contributed by atoms with van der Waals surface area (Å²) in [5, 5.41) is 47.0. The normalized spacial score (nSPS) is 30.1. The van der Waals surface area contributed by atoms with Crippen LogP contribution in [0.3, 0.4) is 0 Å². The number of nitrogen functional groups attached to an aromatic ring is 1. The van der Waals surface area contributed by atoms with E-state index >= 15 is 0 Å². The minimum Gasteiger partial charge on any atom is -0.510 e. The number of aliphatic hydroxyl groups excluding tert-OH is 2. The van der Waals surface area contributed by atoms with Gasteiger partial charge < -0.3 is 48.7 Å². The van der Waals surface area contributed by atoms with Crippen LogP contribution in [-0.2, 0) is 16.0 Å². The number of hydrogen-bond donors (Lipinski definition) is 9. The lowest BCUT2D eigenvalue weighted by Crippen LogP contribution is -2.66. The number of nitrogens with two attached hydrogens (primary N) is 4. The van der Waals surface area contributed by atoms with Crippen LogP contribution < -0.4 is 28.3 Å². The summed E-state index contributed by atoms with van der Waals surface area (Å²) < 4.78 is 0. The molecule has 1 aromatic rings. The third-order valence-electron chi connectivity index (χ3n) is 7.42. The molecular formula is C23H29N5O7. The van der Waals surface area contributed by atoms with E-state index in [-0.39, 0.29) is 42.0 Å². The summed E-state index contributed by atoms with van der Waals surface area (Å²) in [4.78, 5) is 38.8. The maximum atomic E-state index is 13.7. The van der Waals surface area contributed by atoms with E-state index in [1.165, 1.54) is 12.1 Å². The third-order valence-corrected chi connectivity index (χ3v) is 7.42. The Morgan fingerprint density at radius 2 is 1.89 bits per heavy atom. The molecule has 0 unspecified atom stereocenters. The molecule has 0 spiro atoms. The van der Waals surface area contributed by atoms with Gasteiger partial charge in [0.25, 0.3) is 5.91 Å². The van der Waals surface area contributed by atoms with Crippen LogP contribution in [0.4, 0.5) is 5.69 Å². The molecule has 4 atom stereocenters. The molecule has 12 heteroatoms. The Balaban J connectivity index is 1.97. The molecule has 12 nitrogen and oxygen atoms in total. The van der Waals surface area contributed by atoms with Gasteiger partial charge in [-0.25, -0.2) is 0 Å². The number of aliphatic hydroxyl groups is 3. The average molecular weight is 488 g/mol. The molecule has 1 aromatic carbocycles. The molecule has 0 fully saturated rings. The predicted octanol–water partition coefficient (Wildman–Crippen LogP) is -1.59. The number of anilines is 1. The zero-order valence-electron chi connectivity index (χ0n) is 18.9. The molecule has 35 heavy (non-hydrogen) atoms. The first-order chi connectivity index (χ1) is 16.4. The molecule has 0 aliphatic heterocycles. The van der Waals surface area contributed by atoms with Gasteiger partial charge in [-0.05, 0) is 50.0 Å². The molecule has 0 saturated carbocycles. The summed E-state index contributed by atoms with van der Waals surface area (Å²) in [6, 6.07) is 1.25. The first-order valence-electron chi connectivity index (χ1n) is 11.2. The standard InChI is InChI=1S/C23H29N5O7/c24-4-1-5-28-8-22-6-9-11(25)2-3-12(29)13(9)17(30)15(22)20(33)23(35)10(7-22)16(26)18(31)14(19(23)32)21(27)34/h2-3,10,16,28-29,31,33,35H,1,4-8,24-26H2,(H2,27,34)/t10-,16-,22-,23+/m0/s1. The van der Waals surface area contributed by atoms with Crippen molar-refractivity contribution < 1.29 is 34.8 Å². The highest BCUT2D eigenvalue weighted by atomic mass is 16.3. The van der Waals surface area contributed by atoms with Crippen LogP contribution in [0, 0.1) is 11.3 Å². The fraction of sp³-hybridized carbons (Fsp3) is 0.435. The van der Waals surface area contributed by atoms with E-state index in [4.69, 9.17) is 22.9 Å². The number of benzene rings is 1. The lowest BCUT2D eigenvalue weighted by atomic mass is 9.52. The summed E-state index contributed by atoms with van der Waals surface area (Å²) in [6.45, 7) is 0.986. The molecule has 1 amide bonds. The molecular weight excluding hydrogens is 458 g/mol. The van der Waals surface area contributed by atoms with Crippen molar-refractivity contribution in [3.05, 3.63) is 45.9 Å². The molecule has 4 rings (SSSR count). The maximum Gasteiger partial charge on any atom is 0.255 e. The van der Waals surface area contributed by atoms with Gasteiger partial charge in [-0.15, -0.1) is 0 Å². The zero-order valence-corrected chi connectivity index (χ0v) is 18.9. The van der Waals surface area contributed by atoms with E-state index in [0.717, 1.165) is 0 Å². The molecule has 0 radical (unpaired) electrons. The van der Waals surface area contributed by atoms with Crippen LogP contribution in [0.2, 0.25) is 0 Å². The van der Waals surface area contributed by atoms with Gasteiger partial charge >= 0.3 is 0 Å². The number of amides is 1. The number of aromatic hydroxyl groups is 1. The van der Waals surface area contributed by atoms with Crippen LogP contribution in [0.15, 0.2) is 34.8 Å². The van der Waals surface area contributed by atoms with Crippen molar-refractivity contribution >= 4 is 23.2 Å². The Hall–Kier alpha value is -3.45. The minimum atomic E-state index is -2.78. The van der Waals surface area contributed by atoms with Crippen LogP contribution in [-0.4, -0.2) is 69.2 Å². The number of phenols is 1. The molecule has 0 aromatic heterocycles. The van der Waals surface area contributed by atoms with E-state index in [2.05, 4.69) is 5.32 Å². The molecule has 3 aliphatic carbocycles. The van der Waals surface area contributed by atoms with Crippen LogP contribution in [0.1, 0.15) is 28.8 Å². The highest BCUT2D eigenvalue weighted by Gasteiger charge is 2.65. The zero-order chi connectivity index (χ0) is 25.9.